The Balaban J connectivity index is 1.62. The van der Waals surface area contributed by atoms with Gasteiger partial charge in [0.1, 0.15) is 29.7 Å². The predicted octanol–water partition coefficient (Wildman–Crippen LogP) is 6.29. The van der Waals surface area contributed by atoms with E-state index in [1.165, 1.54) is 0 Å². The molecule has 1 atom stereocenters. The highest BCUT2D eigenvalue weighted by atomic mass is 16.7. The van der Waals surface area contributed by atoms with Crippen LogP contribution in [0.1, 0.15) is 55.9 Å². The molecule has 0 aliphatic carbocycles. The van der Waals surface area contributed by atoms with Crippen molar-refractivity contribution in [1.29, 1.82) is 0 Å². The van der Waals surface area contributed by atoms with Gasteiger partial charge in [0.2, 0.25) is 6.79 Å². The maximum atomic E-state index is 13.4. The first-order valence-corrected chi connectivity index (χ1v) is 14.6. The minimum Gasteiger partial charge on any atom is -0.497 e. The SMILES string of the molecule is CCOC(=O)C(=Cc1cnc(C(C)CC)n1-c1ccc(OC)cc1OCc1ccccn1)Cc1cc2c(cc1OC)OCO2. The molecule has 44 heavy (non-hydrogen) atoms. The van der Waals surface area contributed by atoms with Gasteiger partial charge in [-0.15, -0.1) is 0 Å². The Morgan fingerprint density at radius 3 is 2.55 bits per heavy atom. The zero-order valence-corrected chi connectivity index (χ0v) is 25.7. The molecule has 0 bridgehead atoms. The van der Waals surface area contributed by atoms with Crippen LogP contribution in [0.4, 0.5) is 0 Å². The highest BCUT2D eigenvalue weighted by Crippen LogP contribution is 2.39. The number of imidazole rings is 1. The second-order valence-electron chi connectivity index (χ2n) is 10.2. The van der Waals surface area contributed by atoms with Crippen molar-refractivity contribution in [3.63, 3.8) is 0 Å². The van der Waals surface area contributed by atoms with E-state index in [1.807, 2.05) is 53.1 Å². The Morgan fingerprint density at radius 1 is 1.02 bits per heavy atom. The molecule has 5 rings (SSSR count). The van der Waals surface area contributed by atoms with Gasteiger partial charge >= 0.3 is 5.97 Å². The van der Waals surface area contributed by atoms with E-state index in [2.05, 4.69) is 18.8 Å². The molecule has 2 aromatic heterocycles. The lowest BCUT2D eigenvalue weighted by molar-refractivity contribution is -0.138. The number of hydrogen-bond acceptors (Lipinski definition) is 9. The van der Waals surface area contributed by atoms with E-state index in [0.717, 1.165) is 29.2 Å². The van der Waals surface area contributed by atoms with Gasteiger partial charge in [0, 0.05) is 41.8 Å². The fourth-order valence-electron chi connectivity index (χ4n) is 4.91. The molecule has 10 nitrogen and oxygen atoms in total. The third kappa shape index (κ3) is 6.64. The van der Waals surface area contributed by atoms with Crippen molar-refractivity contribution in [3.05, 3.63) is 89.3 Å². The molecule has 4 aromatic rings. The van der Waals surface area contributed by atoms with Gasteiger partial charge in [0.15, 0.2) is 11.5 Å². The van der Waals surface area contributed by atoms with Crippen LogP contribution in [-0.2, 0) is 22.6 Å². The van der Waals surface area contributed by atoms with Crippen molar-refractivity contribution < 1.29 is 33.2 Å². The van der Waals surface area contributed by atoms with Crippen LogP contribution in [0.2, 0.25) is 0 Å². The molecule has 0 saturated carbocycles. The molecule has 0 saturated heterocycles. The van der Waals surface area contributed by atoms with Gasteiger partial charge in [-0.3, -0.25) is 9.55 Å². The van der Waals surface area contributed by atoms with Crippen molar-refractivity contribution in [2.75, 3.05) is 27.6 Å². The largest absolute Gasteiger partial charge is 0.497 e. The van der Waals surface area contributed by atoms with Gasteiger partial charge in [0.25, 0.3) is 0 Å². The van der Waals surface area contributed by atoms with E-state index in [4.69, 9.17) is 33.4 Å². The maximum Gasteiger partial charge on any atom is 0.334 e. The van der Waals surface area contributed by atoms with Crippen LogP contribution in [0.25, 0.3) is 11.8 Å². The topological polar surface area (TPSA) is 103 Å². The number of carbonyl (C=O) groups excluding carboxylic acids is 1. The van der Waals surface area contributed by atoms with Crippen LogP contribution in [0.5, 0.6) is 28.7 Å². The van der Waals surface area contributed by atoms with E-state index < -0.39 is 5.97 Å². The summed E-state index contributed by atoms with van der Waals surface area (Å²) >= 11 is 0. The van der Waals surface area contributed by atoms with Gasteiger partial charge in [-0.1, -0.05) is 19.9 Å². The quantitative estimate of drug-likeness (QED) is 0.129. The molecule has 0 radical (unpaired) electrons. The number of esters is 1. The number of methoxy groups -OCH3 is 2. The summed E-state index contributed by atoms with van der Waals surface area (Å²) in [4.78, 5) is 22.6. The lowest BCUT2D eigenvalue weighted by Gasteiger charge is -2.19. The van der Waals surface area contributed by atoms with E-state index in [0.29, 0.717) is 40.0 Å². The molecule has 1 aliphatic rings. The van der Waals surface area contributed by atoms with Crippen molar-refractivity contribution in [2.24, 2.45) is 0 Å². The van der Waals surface area contributed by atoms with E-state index in [9.17, 15) is 4.79 Å². The van der Waals surface area contributed by atoms with Gasteiger partial charge in [0.05, 0.1) is 44.1 Å². The number of fused-ring (bicyclic) bond motifs is 1. The summed E-state index contributed by atoms with van der Waals surface area (Å²) in [5.41, 5.74) is 3.41. The molecule has 0 fully saturated rings. The van der Waals surface area contributed by atoms with Crippen LogP contribution in [0, 0.1) is 0 Å². The predicted molar refractivity (Wildman–Crippen MR) is 165 cm³/mol. The lowest BCUT2D eigenvalue weighted by Crippen LogP contribution is -2.12. The first-order valence-electron chi connectivity index (χ1n) is 14.6. The molecule has 0 spiro atoms. The van der Waals surface area contributed by atoms with Crippen LogP contribution >= 0.6 is 0 Å². The fourth-order valence-corrected chi connectivity index (χ4v) is 4.91. The Bertz CT molecular complexity index is 1630. The number of pyridine rings is 1. The monoisotopic (exact) mass is 599 g/mol. The van der Waals surface area contributed by atoms with Crippen LogP contribution in [0.3, 0.4) is 0 Å². The molecule has 1 unspecified atom stereocenters. The summed E-state index contributed by atoms with van der Waals surface area (Å²) < 4.78 is 36.1. The minimum absolute atomic E-state index is 0.114. The number of nitrogens with zero attached hydrogens (tertiary/aromatic N) is 3. The van der Waals surface area contributed by atoms with Crippen molar-refractivity contribution in [1.82, 2.24) is 14.5 Å². The van der Waals surface area contributed by atoms with E-state index in [-0.39, 0.29) is 32.3 Å². The van der Waals surface area contributed by atoms with Gasteiger partial charge in [-0.25, -0.2) is 9.78 Å². The average molecular weight is 600 g/mol. The number of hydrogen-bond donors (Lipinski definition) is 0. The summed E-state index contributed by atoms with van der Waals surface area (Å²) in [7, 11) is 3.20. The molecule has 2 aromatic carbocycles. The van der Waals surface area contributed by atoms with E-state index >= 15 is 0 Å². The molecule has 230 valence electrons. The summed E-state index contributed by atoms with van der Waals surface area (Å²) in [5, 5.41) is 0. The summed E-state index contributed by atoms with van der Waals surface area (Å²) in [5.74, 6) is 3.52. The standard InChI is InChI=1S/C34H37N3O7/c1-6-22(3)33-36-19-26(37(33)28-12-11-27(39-4)17-30(28)42-20-25-10-8-9-13-35-25)15-24(34(38)41-7-2)14-23-16-31-32(44-21-43-31)18-29(23)40-5/h8-13,15-19,22H,6-7,14,20-21H2,1-5H3. The zero-order chi connectivity index (χ0) is 31.1. The molecule has 0 N–H and O–H groups in total. The minimum atomic E-state index is -0.439. The number of rotatable bonds is 13. The van der Waals surface area contributed by atoms with Crippen LogP contribution in [0.15, 0.2) is 66.5 Å². The zero-order valence-electron chi connectivity index (χ0n) is 25.7. The van der Waals surface area contributed by atoms with Crippen molar-refractivity contribution in [3.8, 4) is 34.4 Å². The van der Waals surface area contributed by atoms with E-state index in [1.54, 1.807) is 39.6 Å². The number of benzene rings is 2. The average Bonchev–Trinajstić information content (AvgIpc) is 3.69. The fraction of sp³-hybridized carbons (Fsp3) is 0.324. The van der Waals surface area contributed by atoms with Gasteiger partial charge in [-0.05, 0) is 49.8 Å². The Labute approximate surface area is 257 Å². The van der Waals surface area contributed by atoms with Crippen molar-refractivity contribution in [2.45, 2.75) is 46.1 Å². The summed E-state index contributed by atoms with van der Waals surface area (Å²) in [6.07, 6.45) is 6.41. The highest BCUT2D eigenvalue weighted by molar-refractivity contribution is 5.94. The molecular formula is C34H37N3O7. The Hall–Kier alpha value is -4.99. The second kappa shape index (κ2) is 14.0. The molecule has 1 aliphatic heterocycles. The number of ether oxygens (including phenoxy) is 6. The first kappa shape index (κ1) is 30.5. The molecule has 10 heteroatoms. The lowest BCUT2D eigenvalue weighted by atomic mass is 10.0. The van der Waals surface area contributed by atoms with Gasteiger partial charge < -0.3 is 28.4 Å². The van der Waals surface area contributed by atoms with Crippen LogP contribution < -0.4 is 23.7 Å². The smallest absolute Gasteiger partial charge is 0.334 e. The Kier molecular flexibility index (Phi) is 9.69. The molecule has 3 heterocycles. The highest BCUT2D eigenvalue weighted by Gasteiger charge is 2.24. The summed E-state index contributed by atoms with van der Waals surface area (Å²) in [6.45, 7) is 6.64. The van der Waals surface area contributed by atoms with Crippen LogP contribution in [-0.4, -0.2) is 48.1 Å². The normalized spacial score (nSPS) is 13.0. The maximum absolute atomic E-state index is 13.4. The van der Waals surface area contributed by atoms with Gasteiger partial charge in [-0.2, -0.15) is 0 Å². The Morgan fingerprint density at radius 2 is 1.84 bits per heavy atom. The molecular weight excluding hydrogens is 562 g/mol. The first-order chi connectivity index (χ1) is 21.4. The summed E-state index contributed by atoms with van der Waals surface area (Å²) in [6, 6.07) is 15.0. The number of aromatic nitrogens is 3. The third-order valence-electron chi connectivity index (χ3n) is 7.40. The van der Waals surface area contributed by atoms with Crippen molar-refractivity contribution >= 4 is 12.0 Å². The molecule has 0 amide bonds. The third-order valence-corrected chi connectivity index (χ3v) is 7.40. The second-order valence-corrected chi connectivity index (χ2v) is 10.2. The number of carbonyl (C=O) groups is 1.